The van der Waals surface area contributed by atoms with E-state index in [2.05, 4.69) is 9.98 Å². The molecule has 6 nitrogen and oxygen atoms in total. The van der Waals surface area contributed by atoms with Crippen LogP contribution in [-0.2, 0) is 13.0 Å². The van der Waals surface area contributed by atoms with E-state index in [1.807, 2.05) is 13.0 Å². The maximum atomic E-state index is 14.5. The lowest BCUT2D eigenvalue weighted by molar-refractivity contribution is 0.527. The lowest BCUT2D eigenvalue weighted by Crippen LogP contribution is -2.26. The van der Waals surface area contributed by atoms with Gasteiger partial charge in [-0.15, -0.1) is 0 Å². The van der Waals surface area contributed by atoms with E-state index in [1.54, 1.807) is 10.9 Å². The van der Waals surface area contributed by atoms with Crippen molar-refractivity contribution in [1.82, 2.24) is 14.3 Å². The Hall–Kier alpha value is -2.19. The summed E-state index contributed by atoms with van der Waals surface area (Å²) in [6.07, 6.45) is 4.94. The molecule has 0 amide bonds. The zero-order chi connectivity index (χ0) is 16.8. The number of oxazole rings is 1. The zero-order valence-corrected chi connectivity index (χ0v) is 14.2. The highest BCUT2D eigenvalue weighted by Gasteiger charge is 2.18. The topological polar surface area (TPSA) is 65.3 Å². The van der Waals surface area contributed by atoms with Crippen LogP contribution in [0.2, 0.25) is 5.02 Å². The van der Waals surface area contributed by atoms with Crippen molar-refractivity contribution in [2.24, 2.45) is 4.99 Å². The van der Waals surface area contributed by atoms with Gasteiger partial charge in [-0.3, -0.25) is 9.48 Å². The number of allylic oxidation sites excluding steroid dienone is 1. The van der Waals surface area contributed by atoms with E-state index in [9.17, 15) is 9.18 Å². The van der Waals surface area contributed by atoms with Crippen molar-refractivity contribution in [1.29, 1.82) is 0 Å². The highest BCUT2D eigenvalue weighted by molar-refractivity contribution is 7.06. The zero-order valence-electron chi connectivity index (χ0n) is 12.6. The molecule has 0 radical (unpaired) electrons. The van der Waals surface area contributed by atoms with Crippen LogP contribution in [0.1, 0.15) is 19.2 Å². The van der Waals surface area contributed by atoms with Crippen LogP contribution in [0.15, 0.2) is 26.3 Å². The molecule has 124 valence electrons. The third kappa shape index (κ3) is 2.33. The smallest absolute Gasteiger partial charge is 0.329 e. The fraction of sp³-hybridized carbons (Fsp3) is 0.267. The Labute approximate surface area is 144 Å². The van der Waals surface area contributed by atoms with E-state index in [-0.39, 0.29) is 21.1 Å². The van der Waals surface area contributed by atoms with Crippen LogP contribution < -0.4 is 9.67 Å². The van der Waals surface area contributed by atoms with Gasteiger partial charge in [-0.25, -0.2) is 19.0 Å². The second kappa shape index (κ2) is 5.71. The molecule has 4 rings (SSSR count). The van der Waals surface area contributed by atoms with Gasteiger partial charge in [0, 0.05) is 19.2 Å². The minimum absolute atomic E-state index is 0.0320. The Morgan fingerprint density at radius 3 is 3.17 bits per heavy atom. The van der Waals surface area contributed by atoms with Gasteiger partial charge in [0.15, 0.2) is 17.3 Å². The van der Waals surface area contributed by atoms with Gasteiger partial charge < -0.3 is 4.42 Å². The molecule has 0 saturated carbocycles. The molecular formula is C15H12ClFN4O2S. The van der Waals surface area contributed by atoms with Crippen molar-refractivity contribution in [3.05, 3.63) is 43.3 Å². The first-order chi connectivity index (χ1) is 11.6. The van der Waals surface area contributed by atoms with Crippen LogP contribution in [0, 0.1) is 5.82 Å². The molecule has 1 aliphatic heterocycles. The Kier molecular flexibility index (Phi) is 3.65. The number of hydrogen-bond donors (Lipinski definition) is 0. The molecule has 2 aromatic heterocycles. The predicted molar refractivity (Wildman–Crippen MR) is 90.1 cm³/mol. The second-order valence-electron chi connectivity index (χ2n) is 5.23. The van der Waals surface area contributed by atoms with E-state index >= 15 is 0 Å². The van der Waals surface area contributed by atoms with Gasteiger partial charge in [-0.1, -0.05) is 24.6 Å². The Bertz CT molecular complexity index is 1110. The molecule has 1 aliphatic rings. The van der Waals surface area contributed by atoms with Crippen molar-refractivity contribution >= 4 is 45.9 Å². The molecule has 0 spiro atoms. The summed E-state index contributed by atoms with van der Waals surface area (Å²) in [4.78, 5) is 20.9. The minimum Gasteiger partial charge on any atom is -0.439 e. The Balaban J connectivity index is 2.03. The fourth-order valence-electron chi connectivity index (χ4n) is 2.56. The number of rotatable bonds is 2. The quantitative estimate of drug-likeness (QED) is 0.698. The van der Waals surface area contributed by atoms with Crippen LogP contribution in [0.25, 0.3) is 17.3 Å². The standard InChI is InChI=1S/C15H12ClFN4O2S/c1-2-10-18-12-11(9(17)7-8(16)13(12)23-10)19-14-20-5-3-4-6-21(20)15(22)24-14/h4,6-7H,2-3,5H2,1H3. The molecule has 0 saturated heterocycles. The van der Waals surface area contributed by atoms with Crippen LogP contribution in [0.4, 0.5) is 10.1 Å². The van der Waals surface area contributed by atoms with Crippen LogP contribution >= 0.6 is 22.9 Å². The van der Waals surface area contributed by atoms with E-state index < -0.39 is 5.82 Å². The van der Waals surface area contributed by atoms with Crippen molar-refractivity contribution in [2.75, 3.05) is 0 Å². The van der Waals surface area contributed by atoms with Crippen molar-refractivity contribution in [3.63, 3.8) is 0 Å². The lowest BCUT2D eigenvalue weighted by atomic mass is 10.2. The molecule has 3 heterocycles. The summed E-state index contributed by atoms with van der Waals surface area (Å²) in [6.45, 7) is 2.48. The van der Waals surface area contributed by atoms with E-state index in [0.29, 0.717) is 29.2 Å². The predicted octanol–water partition coefficient (Wildman–Crippen LogP) is 3.31. The van der Waals surface area contributed by atoms with Gasteiger partial charge in [-0.2, -0.15) is 0 Å². The van der Waals surface area contributed by atoms with E-state index in [0.717, 1.165) is 23.8 Å². The molecule has 9 heteroatoms. The van der Waals surface area contributed by atoms with Crippen LogP contribution in [0.3, 0.4) is 0 Å². The fourth-order valence-corrected chi connectivity index (χ4v) is 3.62. The number of aryl methyl sites for hydroxylation is 1. The summed E-state index contributed by atoms with van der Waals surface area (Å²) in [6, 6.07) is 1.16. The van der Waals surface area contributed by atoms with E-state index in [4.69, 9.17) is 16.0 Å². The number of aromatic nitrogens is 3. The summed E-state index contributed by atoms with van der Waals surface area (Å²) in [5.41, 5.74) is 0.604. The Morgan fingerprint density at radius 1 is 1.54 bits per heavy atom. The SMILES string of the molecule is CCc1nc2c(N=c3sc(=O)n4n3CCC=C4)c(F)cc(Cl)c2o1. The summed E-state index contributed by atoms with van der Waals surface area (Å²) < 4.78 is 23.2. The molecule has 3 aromatic rings. The molecule has 0 bridgehead atoms. The summed E-state index contributed by atoms with van der Waals surface area (Å²) >= 11 is 7.00. The molecule has 0 atom stereocenters. The van der Waals surface area contributed by atoms with Gasteiger partial charge in [0.2, 0.25) is 4.80 Å². The molecule has 0 N–H and O–H groups in total. The monoisotopic (exact) mass is 366 g/mol. The van der Waals surface area contributed by atoms with E-state index in [1.165, 1.54) is 4.68 Å². The molecule has 0 unspecified atom stereocenters. The summed E-state index contributed by atoms with van der Waals surface area (Å²) in [5.74, 6) is -0.147. The maximum absolute atomic E-state index is 14.5. The summed E-state index contributed by atoms with van der Waals surface area (Å²) in [5, 5.41) is 0.149. The van der Waals surface area contributed by atoms with Crippen molar-refractivity contribution in [3.8, 4) is 0 Å². The molecule has 24 heavy (non-hydrogen) atoms. The first kappa shape index (κ1) is 15.3. The number of fused-ring (bicyclic) bond motifs is 2. The van der Waals surface area contributed by atoms with Gasteiger partial charge >= 0.3 is 4.87 Å². The normalized spacial score (nSPS) is 14.5. The Morgan fingerprint density at radius 2 is 2.38 bits per heavy atom. The third-order valence-corrected chi connectivity index (χ3v) is 4.83. The van der Waals surface area contributed by atoms with Crippen molar-refractivity contribution in [2.45, 2.75) is 26.3 Å². The third-order valence-electron chi connectivity index (χ3n) is 3.70. The first-order valence-electron chi connectivity index (χ1n) is 7.39. The highest BCUT2D eigenvalue weighted by atomic mass is 35.5. The van der Waals surface area contributed by atoms with Crippen LogP contribution in [-0.4, -0.2) is 14.3 Å². The van der Waals surface area contributed by atoms with Gasteiger partial charge in [0.05, 0.1) is 5.02 Å². The van der Waals surface area contributed by atoms with Gasteiger partial charge in [0.1, 0.15) is 11.2 Å². The first-order valence-corrected chi connectivity index (χ1v) is 8.59. The molecule has 0 aliphatic carbocycles. The van der Waals surface area contributed by atoms with Crippen molar-refractivity contribution < 1.29 is 8.81 Å². The minimum atomic E-state index is -0.602. The average molecular weight is 367 g/mol. The van der Waals surface area contributed by atoms with Gasteiger partial charge in [0.25, 0.3) is 0 Å². The number of benzene rings is 1. The summed E-state index contributed by atoms with van der Waals surface area (Å²) in [7, 11) is 0. The highest BCUT2D eigenvalue weighted by Crippen LogP contribution is 2.34. The van der Waals surface area contributed by atoms with Gasteiger partial charge in [-0.05, 0) is 23.8 Å². The maximum Gasteiger partial charge on any atom is 0.329 e. The molecule has 1 aromatic carbocycles. The lowest BCUT2D eigenvalue weighted by Gasteiger charge is -2.10. The molecule has 0 fully saturated rings. The number of nitrogens with zero attached hydrogens (tertiary/aromatic N) is 4. The van der Waals surface area contributed by atoms with Crippen LogP contribution in [0.5, 0.6) is 0 Å². The number of hydrogen-bond acceptors (Lipinski definition) is 5. The number of halogens is 2. The molecular weight excluding hydrogens is 355 g/mol. The second-order valence-corrected chi connectivity index (χ2v) is 6.56. The average Bonchev–Trinajstić information content (AvgIpc) is 3.14. The largest absolute Gasteiger partial charge is 0.439 e.